The largest absolute Gasteiger partial charge is 0.383 e. The van der Waals surface area contributed by atoms with Crippen LogP contribution in [-0.4, -0.2) is 58.7 Å². The number of methoxy groups -OCH3 is 1. The lowest BCUT2D eigenvalue weighted by Crippen LogP contribution is -2.37. The van der Waals surface area contributed by atoms with Crippen molar-refractivity contribution < 1.29 is 14.3 Å². The third-order valence-corrected chi connectivity index (χ3v) is 4.79. The first-order valence-corrected chi connectivity index (χ1v) is 8.87. The Balaban J connectivity index is 1.52. The number of ether oxygens (including phenoxy) is 1. The Morgan fingerprint density at radius 3 is 3.00 bits per heavy atom. The number of carbonyl (C=O) groups is 2. The van der Waals surface area contributed by atoms with Crippen molar-refractivity contribution in [2.45, 2.75) is 13.0 Å². The predicted octanol–water partition coefficient (Wildman–Crippen LogP) is 1.47. The second-order valence-corrected chi connectivity index (χ2v) is 6.52. The highest BCUT2D eigenvalue weighted by Gasteiger charge is 2.28. The van der Waals surface area contributed by atoms with Crippen molar-refractivity contribution in [3.05, 3.63) is 53.0 Å². The van der Waals surface area contributed by atoms with Crippen LogP contribution in [0.1, 0.15) is 32.2 Å². The van der Waals surface area contributed by atoms with Crippen molar-refractivity contribution in [1.29, 1.82) is 0 Å². The molecule has 0 atom stereocenters. The molecule has 1 aliphatic rings. The number of aromatic amines is 2. The van der Waals surface area contributed by atoms with Crippen molar-refractivity contribution in [2.75, 3.05) is 26.8 Å². The van der Waals surface area contributed by atoms with Crippen LogP contribution in [0.15, 0.2) is 30.3 Å². The van der Waals surface area contributed by atoms with Gasteiger partial charge in [-0.1, -0.05) is 18.2 Å². The van der Waals surface area contributed by atoms with E-state index < -0.39 is 0 Å². The molecule has 0 aliphatic carbocycles. The van der Waals surface area contributed by atoms with E-state index >= 15 is 0 Å². The van der Waals surface area contributed by atoms with Gasteiger partial charge in [0.05, 0.1) is 13.2 Å². The van der Waals surface area contributed by atoms with E-state index in [0.717, 1.165) is 22.2 Å². The topological polar surface area (TPSA) is 103 Å². The number of hydrogen-bond donors (Lipinski definition) is 3. The summed E-state index contributed by atoms with van der Waals surface area (Å²) in [5.74, 6) is -0.340. The van der Waals surface area contributed by atoms with Crippen molar-refractivity contribution >= 4 is 22.7 Å². The molecular weight excluding hydrogens is 346 g/mol. The van der Waals surface area contributed by atoms with Gasteiger partial charge in [0.1, 0.15) is 5.69 Å². The fourth-order valence-corrected chi connectivity index (χ4v) is 3.37. The number of aromatic nitrogens is 3. The summed E-state index contributed by atoms with van der Waals surface area (Å²) in [5.41, 5.74) is 3.51. The minimum Gasteiger partial charge on any atom is -0.383 e. The smallest absolute Gasteiger partial charge is 0.272 e. The van der Waals surface area contributed by atoms with Gasteiger partial charge in [-0.2, -0.15) is 5.10 Å². The molecule has 0 saturated carbocycles. The number of amides is 2. The summed E-state index contributed by atoms with van der Waals surface area (Å²) in [7, 11) is 1.58. The number of benzene rings is 1. The molecule has 0 radical (unpaired) electrons. The molecule has 1 aliphatic heterocycles. The van der Waals surface area contributed by atoms with Crippen LogP contribution in [0.4, 0.5) is 0 Å². The lowest BCUT2D eigenvalue weighted by Gasteiger charge is -2.26. The summed E-state index contributed by atoms with van der Waals surface area (Å²) in [4.78, 5) is 30.2. The first-order chi connectivity index (χ1) is 13.2. The van der Waals surface area contributed by atoms with E-state index in [1.807, 2.05) is 30.3 Å². The molecular formula is C19H21N5O3. The SMILES string of the molecule is COCCNC(=O)c1n[nH]c2c1CN(C(=O)c1cc3ccccc3[nH]1)CC2. The first-order valence-electron chi connectivity index (χ1n) is 8.87. The Kier molecular flexibility index (Phi) is 4.64. The third kappa shape index (κ3) is 3.31. The lowest BCUT2D eigenvalue weighted by molar-refractivity contribution is 0.0726. The Morgan fingerprint density at radius 2 is 2.19 bits per heavy atom. The number of nitrogens with one attached hydrogen (secondary N) is 3. The molecule has 0 spiro atoms. The van der Waals surface area contributed by atoms with Gasteiger partial charge in [-0.3, -0.25) is 14.7 Å². The Morgan fingerprint density at radius 1 is 1.33 bits per heavy atom. The summed E-state index contributed by atoms with van der Waals surface area (Å²) >= 11 is 0. The number of H-pyrrole nitrogens is 2. The number of rotatable bonds is 5. The fraction of sp³-hybridized carbons (Fsp3) is 0.316. The van der Waals surface area contributed by atoms with E-state index in [9.17, 15) is 9.59 Å². The first kappa shape index (κ1) is 17.3. The van der Waals surface area contributed by atoms with Crippen LogP contribution in [0.5, 0.6) is 0 Å². The van der Waals surface area contributed by atoms with Crippen molar-refractivity contribution in [2.24, 2.45) is 0 Å². The second-order valence-electron chi connectivity index (χ2n) is 6.52. The van der Waals surface area contributed by atoms with Crippen molar-refractivity contribution in [3.8, 4) is 0 Å². The molecule has 3 heterocycles. The molecule has 3 aromatic rings. The molecule has 4 rings (SSSR count). The van der Waals surface area contributed by atoms with E-state index in [0.29, 0.717) is 44.0 Å². The van der Waals surface area contributed by atoms with Crippen LogP contribution in [0.2, 0.25) is 0 Å². The van der Waals surface area contributed by atoms with Crippen LogP contribution < -0.4 is 5.32 Å². The molecule has 0 unspecified atom stereocenters. The van der Waals surface area contributed by atoms with E-state index in [2.05, 4.69) is 20.5 Å². The Labute approximate surface area is 155 Å². The lowest BCUT2D eigenvalue weighted by atomic mass is 10.0. The van der Waals surface area contributed by atoms with Crippen LogP contribution in [-0.2, 0) is 17.7 Å². The van der Waals surface area contributed by atoms with Gasteiger partial charge in [0, 0.05) is 48.8 Å². The molecule has 1 aromatic carbocycles. The number of para-hydroxylation sites is 1. The Bertz CT molecular complexity index is 957. The zero-order valence-electron chi connectivity index (χ0n) is 15.0. The molecule has 0 bridgehead atoms. The summed E-state index contributed by atoms with van der Waals surface area (Å²) in [5, 5.41) is 10.9. The van der Waals surface area contributed by atoms with Gasteiger partial charge in [0.25, 0.3) is 11.8 Å². The molecule has 3 N–H and O–H groups in total. The third-order valence-electron chi connectivity index (χ3n) is 4.79. The number of carbonyl (C=O) groups excluding carboxylic acids is 2. The predicted molar refractivity (Wildman–Crippen MR) is 99.5 cm³/mol. The molecule has 2 amide bonds. The second kappa shape index (κ2) is 7.24. The average molecular weight is 367 g/mol. The number of fused-ring (bicyclic) bond motifs is 2. The van der Waals surface area contributed by atoms with Gasteiger partial charge < -0.3 is 19.9 Å². The number of nitrogens with zero attached hydrogens (tertiary/aromatic N) is 2. The highest BCUT2D eigenvalue weighted by atomic mass is 16.5. The van der Waals surface area contributed by atoms with Gasteiger partial charge in [0.2, 0.25) is 0 Å². The summed E-state index contributed by atoms with van der Waals surface area (Å²) in [6.07, 6.45) is 0.639. The number of hydrogen-bond acceptors (Lipinski definition) is 4. The van der Waals surface area contributed by atoms with Crippen LogP contribution in [0.3, 0.4) is 0 Å². The maximum Gasteiger partial charge on any atom is 0.272 e. The van der Waals surface area contributed by atoms with Crippen molar-refractivity contribution in [3.63, 3.8) is 0 Å². The molecule has 2 aromatic heterocycles. The van der Waals surface area contributed by atoms with Gasteiger partial charge in [-0.05, 0) is 12.1 Å². The van der Waals surface area contributed by atoms with Crippen molar-refractivity contribution in [1.82, 2.24) is 25.4 Å². The molecule has 8 heteroatoms. The highest BCUT2D eigenvalue weighted by Crippen LogP contribution is 2.23. The molecule has 0 saturated heterocycles. The van der Waals surface area contributed by atoms with Gasteiger partial charge in [-0.25, -0.2) is 0 Å². The Hall–Kier alpha value is -3.13. The zero-order chi connectivity index (χ0) is 18.8. The molecule has 0 fully saturated rings. The maximum atomic E-state index is 12.9. The van der Waals surface area contributed by atoms with Gasteiger partial charge >= 0.3 is 0 Å². The minimum atomic E-state index is -0.260. The summed E-state index contributed by atoms with van der Waals surface area (Å²) in [6, 6.07) is 9.65. The molecule has 27 heavy (non-hydrogen) atoms. The summed E-state index contributed by atoms with van der Waals surface area (Å²) in [6.45, 7) is 1.78. The zero-order valence-corrected chi connectivity index (χ0v) is 15.0. The maximum absolute atomic E-state index is 12.9. The fourth-order valence-electron chi connectivity index (χ4n) is 3.37. The van der Waals surface area contributed by atoms with E-state index in [1.165, 1.54) is 0 Å². The quantitative estimate of drug-likeness (QED) is 0.594. The normalized spacial score (nSPS) is 13.6. The molecule has 140 valence electrons. The van der Waals surface area contributed by atoms with E-state index in [1.54, 1.807) is 12.0 Å². The van der Waals surface area contributed by atoms with Gasteiger partial charge in [-0.15, -0.1) is 0 Å². The standard InChI is InChI=1S/C19H21N5O3/c1-27-9-7-20-18(25)17-13-11-24(8-6-15(13)22-23-17)19(26)16-10-12-4-2-3-5-14(12)21-16/h2-5,10,21H,6-9,11H2,1H3,(H,20,25)(H,22,23). The van der Waals surface area contributed by atoms with Crippen LogP contribution in [0.25, 0.3) is 10.9 Å². The van der Waals surface area contributed by atoms with Gasteiger partial charge in [0.15, 0.2) is 5.69 Å². The average Bonchev–Trinajstić information content (AvgIpc) is 3.31. The van der Waals surface area contributed by atoms with Crippen LogP contribution in [0, 0.1) is 0 Å². The molecule has 8 nitrogen and oxygen atoms in total. The van der Waals surface area contributed by atoms with E-state index in [4.69, 9.17) is 4.74 Å². The minimum absolute atomic E-state index is 0.0798. The monoisotopic (exact) mass is 367 g/mol. The highest BCUT2D eigenvalue weighted by molar-refractivity contribution is 5.98. The van der Waals surface area contributed by atoms with E-state index in [-0.39, 0.29) is 11.8 Å². The summed E-state index contributed by atoms with van der Waals surface area (Å²) < 4.78 is 4.95. The van der Waals surface area contributed by atoms with Crippen LogP contribution >= 0.6 is 0 Å².